The van der Waals surface area contributed by atoms with Gasteiger partial charge in [-0.2, -0.15) is 0 Å². The van der Waals surface area contributed by atoms with Gasteiger partial charge in [0.15, 0.2) is 0 Å². The molecule has 40 heavy (non-hydrogen) atoms. The number of ether oxygens (including phenoxy) is 1. The smallest absolute Gasteiger partial charge is 0.252 e. The highest BCUT2D eigenvalue weighted by Crippen LogP contribution is 2.31. The fourth-order valence-electron chi connectivity index (χ4n) is 4.22. The van der Waals surface area contributed by atoms with Crippen molar-refractivity contribution < 1.29 is 28.5 Å². The fraction of sp³-hybridized carbons (Fsp3) is 0.267. The number of likely N-dealkylation sites (N-methyl/N-ethyl adjacent to an activating group) is 1. The van der Waals surface area contributed by atoms with E-state index in [-0.39, 0.29) is 29.4 Å². The predicted octanol–water partition coefficient (Wildman–Crippen LogP) is 4.53. The second-order valence-corrected chi connectivity index (χ2v) is 9.61. The third kappa shape index (κ3) is 7.50. The molecule has 0 fully saturated rings. The summed E-state index contributed by atoms with van der Waals surface area (Å²) in [5, 5.41) is 21.3. The number of aryl methyl sites for hydroxylation is 1. The molecular weight excluding hydrogens is 518 g/mol. The Morgan fingerprint density at radius 3 is 2.65 bits per heavy atom. The summed E-state index contributed by atoms with van der Waals surface area (Å²) in [6, 6.07) is 13.8. The lowest BCUT2D eigenvalue weighted by molar-refractivity contribution is 0.0662. The molecule has 0 saturated carbocycles. The van der Waals surface area contributed by atoms with Crippen molar-refractivity contribution in [2.24, 2.45) is 0 Å². The van der Waals surface area contributed by atoms with Gasteiger partial charge in [-0.05, 0) is 63.3 Å². The molecule has 4 N–H and O–H groups in total. The number of hydrogen-bond donors (Lipinski definition) is 4. The lowest BCUT2D eigenvalue weighted by Gasteiger charge is -2.19. The normalized spacial score (nSPS) is 12.0. The van der Waals surface area contributed by atoms with E-state index in [0.717, 1.165) is 5.56 Å². The number of aromatic nitrogens is 2. The van der Waals surface area contributed by atoms with Crippen molar-refractivity contribution in [1.29, 1.82) is 0 Å². The molecule has 1 unspecified atom stereocenters. The van der Waals surface area contributed by atoms with Crippen LogP contribution in [0.4, 0.5) is 8.78 Å². The number of aromatic amines is 1. The minimum absolute atomic E-state index is 0.147. The first-order chi connectivity index (χ1) is 19.2. The summed E-state index contributed by atoms with van der Waals surface area (Å²) in [7, 11) is 1.84. The van der Waals surface area contributed by atoms with E-state index in [1.54, 1.807) is 48.8 Å². The molecule has 10 heteroatoms. The Labute approximate surface area is 231 Å². The molecule has 0 aliphatic heterocycles. The first-order valence-electron chi connectivity index (χ1n) is 12.9. The topological polar surface area (TPSA) is 111 Å². The van der Waals surface area contributed by atoms with Crippen molar-refractivity contribution in [2.75, 3.05) is 33.3 Å². The van der Waals surface area contributed by atoms with E-state index < -0.39 is 17.7 Å². The zero-order valence-corrected chi connectivity index (χ0v) is 22.3. The molecule has 0 aliphatic rings. The average Bonchev–Trinajstić information content (AvgIpc) is 3.43. The molecule has 4 rings (SSSR count). The van der Waals surface area contributed by atoms with Crippen LogP contribution in [-0.2, 0) is 0 Å². The summed E-state index contributed by atoms with van der Waals surface area (Å²) < 4.78 is 34.9. The average molecular weight is 551 g/mol. The van der Waals surface area contributed by atoms with Gasteiger partial charge in [0.05, 0.1) is 29.7 Å². The Bertz CT molecular complexity index is 1460. The van der Waals surface area contributed by atoms with Crippen LogP contribution in [0.3, 0.4) is 0 Å². The number of nitrogens with zero attached hydrogens (tertiary/aromatic N) is 2. The molecule has 2 aromatic heterocycles. The van der Waals surface area contributed by atoms with Gasteiger partial charge < -0.3 is 30.2 Å². The third-order valence-electron chi connectivity index (χ3n) is 6.28. The number of carbonyl (C=O) groups is 1. The quantitative estimate of drug-likeness (QED) is 0.193. The van der Waals surface area contributed by atoms with E-state index in [0.29, 0.717) is 48.8 Å². The summed E-state index contributed by atoms with van der Waals surface area (Å²) in [5.41, 5.74) is 2.73. The van der Waals surface area contributed by atoms with Crippen LogP contribution in [0.1, 0.15) is 22.3 Å². The number of rotatable bonds is 12. The van der Waals surface area contributed by atoms with E-state index in [2.05, 4.69) is 15.3 Å². The van der Waals surface area contributed by atoms with E-state index >= 15 is 0 Å². The molecule has 1 amide bonds. The zero-order valence-electron chi connectivity index (χ0n) is 22.3. The summed E-state index contributed by atoms with van der Waals surface area (Å²) >= 11 is 0. The van der Waals surface area contributed by atoms with Crippen molar-refractivity contribution in [3.63, 3.8) is 0 Å². The third-order valence-corrected chi connectivity index (χ3v) is 6.28. The number of hydrogen-bond acceptors (Lipinski definition) is 6. The number of benzene rings is 2. The number of halogens is 2. The summed E-state index contributed by atoms with van der Waals surface area (Å²) in [5.74, 6) is -0.692. The Balaban J connectivity index is 1.36. The number of amides is 1. The number of aliphatic hydroxyl groups excluding tert-OH is 2. The van der Waals surface area contributed by atoms with Gasteiger partial charge in [-0.25, -0.2) is 8.78 Å². The van der Waals surface area contributed by atoms with Gasteiger partial charge in [0, 0.05) is 48.7 Å². The molecule has 1 atom stereocenters. The largest absolute Gasteiger partial charge is 0.457 e. The highest BCUT2D eigenvalue weighted by Gasteiger charge is 2.14. The molecule has 0 bridgehead atoms. The molecule has 0 aliphatic carbocycles. The van der Waals surface area contributed by atoms with E-state index in [1.165, 1.54) is 18.2 Å². The highest BCUT2D eigenvalue weighted by molar-refractivity contribution is 5.95. The van der Waals surface area contributed by atoms with Crippen LogP contribution < -0.4 is 10.1 Å². The van der Waals surface area contributed by atoms with Gasteiger partial charge in [-0.3, -0.25) is 9.78 Å². The lowest BCUT2D eigenvalue weighted by atomic mass is 10.0. The molecule has 2 aromatic carbocycles. The Hall–Kier alpha value is -4.12. The van der Waals surface area contributed by atoms with Gasteiger partial charge in [-0.15, -0.1) is 0 Å². The van der Waals surface area contributed by atoms with Crippen LogP contribution in [0, 0.1) is 18.6 Å². The SMILES string of the molecule is Cc1ccc(F)c(-c2ccc(Oc3ccnc(-c4cc(C(=O)NCCCN(C)CC(O)CO)c[nH]4)c3)cc2F)c1. The molecule has 0 spiro atoms. The predicted molar refractivity (Wildman–Crippen MR) is 148 cm³/mol. The molecule has 2 heterocycles. The first kappa shape index (κ1) is 28.9. The van der Waals surface area contributed by atoms with Gasteiger partial charge >= 0.3 is 0 Å². The molecule has 0 radical (unpaired) electrons. The van der Waals surface area contributed by atoms with Crippen LogP contribution in [0.2, 0.25) is 0 Å². The molecule has 210 valence electrons. The lowest BCUT2D eigenvalue weighted by Crippen LogP contribution is -2.33. The molecule has 8 nitrogen and oxygen atoms in total. The van der Waals surface area contributed by atoms with Gasteiger partial charge in [0.1, 0.15) is 23.1 Å². The van der Waals surface area contributed by atoms with Crippen molar-refractivity contribution in [3.05, 3.63) is 89.8 Å². The second-order valence-electron chi connectivity index (χ2n) is 9.61. The van der Waals surface area contributed by atoms with Gasteiger partial charge in [0.2, 0.25) is 0 Å². The number of H-pyrrole nitrogens is 1. The van der Waals surface area contributed by atoms with Crippen molar-refractivity contribution in [2.45, 2.75) is 19.4 Å². The Morgan fingerprint density at radius 2 is 1.88 bits per heavy atom. The minimum Gasteiger partial charge on any atom is -0.457 e. The van der Waals surface area contributed by atoms with Gasteiger partial charge in [-0.1, -0.05) is 11.6 Å². The summed E-state index contributed by atoms with van der Waals surface area (Å²) in [4.78, 5) is 21.8. The monoisotopic (exact) mass is 550 g/mol. The Kier molecular flexibility index (Phi) is 9.60. The standard InChI is InChI=1S/C30H32F2N4O4/c1-19-4-7-26(31)25(12-19)24-6-5-22(14-27(24)32)40-23-8-10-33-29(15-23)28-13-20(16-35-28)30(39)34-9-3-11-36(2)17-21(38)18-37/h4-8,10,12-16,21,35,37-38H,3,9,11,17-18H2,1-2H3,(H,34,39). The number of carbonyl (C=O) groups excluding carboxylic acids is 1. The van der Waals surface area contributed by atoms with E-state index in [9.17, 15) is 18.7 Å². The minimum atomic E-state index is -0.785. The van der Waals surface area contributed by atoms with Crippen molar-refractivity contribution in [1.82, 2.24) is 20.2 Å². The molecular formula is C30H32F2N4O4. The maximum absolute atomic E-state index is 14.9. The van der Waals surface area contributed by atoms with Crippen LogP contribution >= 0.6 is 0 Å². The number of pyridine rings is 1. The maximum Gasteiger partial charge on any atom is 0.252 e. The van der Waals surface area contributed by atoms with Crippen LogP contribution in [0.5, 0.6) is 11.5 Å². The van der Waals surface area contributed by atoms with Crippen LogP contribution in [-0.4, -0.2) is 70.4 Å². The van der Waals surface area contributed by atoms with E-state index in [1.807, 2.05) is 18.9 Å². The number of aliphatic hydroxyl groups is 2. The van der Waals surface area contributed by atoms with E-state index in [4.69, 9.17) is 9.84 Å². The van der Waals surface area contributed by atoms with Crippen LogP contribution in [0.25, 0.3) is 22.5 Å². The maximum atomic E-state index is 14.9. The van der Waals surface area contributed by atoms with Gasteiger partial charge in [0.25, 0.3) is 5.91 Å². The molecule has 4 aromatic rings. The van der Waals surface area contributed by atoms with Crippen molar-refractivity contribution in [3.8, 4) is 34.0 Å². The zero-order chi connectivity index (χ0) is 28.6. The van der Waals surface area contributed by atoms with Crippen molar-refractivity contribution >= 4 is 5.91 Å². The number of nitrogens with one attached hydrogen (secondary N) is 2. The fourth-order valence-corrected chi connectivity index (χ4v) is 4.22. The summed E-state index contributed by atoms with van der Waals surface area (Å²) in [6.45, 7) is 2.99. The first-order valence-corrected chi connectivity index (χ1v) is 12.9. The highest BCUT2D eigenvalue weighted by atomic mass is 19.1. The van der Waals surface area contributed by atoms with Crippen LogP contribution in [0.15, 0.2) is 67.0 Å². The Morgan fingerprint density at radius 1 is 1.07 bits per heavy atom. The second kappa shape index (κ2) is 13.3. The molecule has 0 saturated heterocycles. The summed E-state index contributed by atoms with van der Waals surface area (Å²) in [6.07, 6.45) is 3.02.